The van der Waals surface area contributed by atoms with Crippen LogP contribution in [0.25, 0.3) is 10.9 Å². The zero-order valence-electron chi connectivity index (χ0n) is 17.7. The highest BCUT2D eigenvalue weighted by molar-refractivity contribution is 7.89. The smallest absolute Gasteiger partial charge is 0.331 e. The number of carbonyl (C=O) groups excluding carboxylic acids is 1. The second-order valence-corrected chi connectivity index (χ2v) is 10.3. The molecule has 0 unspecified atom stereocenters. The van der Waals surface area contributed by atoms with Crippen molar-refractivity contribution in [1.29, 1.82) is 0 Å². The maximum Gasteiger partial charge on any atom is 0.331 e. The Balaban J connectivity index is 1.77. The molecule has 2 aliphatic rings. The molecule has 0 atom stereocenters. The van der Waals surface area contributed by atoms with Crippen LogP contribution in [-0.4, -0.2) is 58.8 Å². The molecule has 1 aromatic heterocycles. The van der Waals surface area contributed by atoms with Gasteiger partial charge in [-0.1, -0.05) is 12.8 Å². The lowest BCUT2D eigenvalue weighted by Gasteiger charge is -2.20. The van der Waals surface area contributed by atoms with Gasteiger partial charge in [-0.15, -0.1) is 0 Å². The van der Waals surface area contributed by atoms with E-state index >= 15 is 0 Å². The number of hydrogen-bond acceptors (Lipinski definition) is 5. The lowest BCUT2D eigenvalue weighted by Crippen LogP contribution is -2.44. The molecule has 0 saturated carbocycles. The first-order valence-corrected chi connectivity index (χ1v) is 12.3. The van der Waals surface area contributed by atoms with Crippen molar-refractivity contribution in [2.45, 2.75) is 50.0 Å². The monoisotopic (exact) mass is 448 g/mol. The van der Waals surface area contributed by atoms with Crippen molar-refractivity contribution >= 4 is 26.8 Å². The van der Waals surface area contributed by atoms with Crippen LogP contribution >= 0.6 is 0 Å². The minimum Gasteiger partial charge on any atom is -0.341 e. The number of benzene rings is 1. The molecule has 0 N–H and O–H groups in total. The van der Waals surface area contributed by atoms with E-state index in [9.17, 15) is 22.8 Å². The third-order valence-corrected chi connectivity index (χ3v) is 8.17. The molecular formula is C21H28N4O5S. The van der Waals surface area contributed by atoms with Crippen LogP contribution in [0.15, 0.2) is 32.7 Å². The largest absolute Gasteiger partial charge is 0.341 e. The maximum atomic E-state index is 13.2. The Kier molecular flexibility index (Phi) is 6.02. The fraction of sp³-hybridized carbons (Fsp3) is 0.571. The van der Waals surface area contributed by atoms with Gasteiger partial charge in [0.05, 0.1) is 15.8 Å². The first kappa shape index (κ1) is 21.8. The predicted octanol–water partition coefficient (Wildman–Crippen LogP) is 0.887. The van der Waals surface area contributed by atoms with Crippen LogP contribution in [0.1, 0.15) is 38.5 Å². The molecule has 3 heterocycles. The summed E-state index contributed by atoms with van der Waals surface area (Å²) in [6, 6.07) is 4.28. The van der Waals surface area contributed by atoms with E-state index in [4.69, 9.17) is 0 Å². The van der Waals surface area contributed by atoms with Gasteiger partial charge in [0, 0.05) is 33.2 Å². The molecule has 0 aliphatic carbocycles. The number of aryl methyl sites for hydroxylation is 1. The fourth-order valence-electron chi connectivity index (χ4n) is 4.43. The zero-order valence-corrected chi connectivity index (χ0v) is 18.6. The van der Waals surface area contributed by atoms with Gasteiger partial charge in [-0.25, -0.2) is 13.2 Å². The van der Waals surface area contributed by atoms with Crippen LogP contribution in [0.5, 0.6) is 0 Å². The van der Waals surface area contributed by atoms with E-state index in [2.05, 4.69) is 0 Å². The van der Waals surface area contributed by atoms with Gasteiger partial charge in [0.2, 0.25) is 15.9 Å². The molecule has 1 amide bonds. The summed E-state index contributed by atoms with van der Waals surface area (Å²) in [7, 11) is -2.23. The van der Waals surface area contributed by atoms with Gasteiger partial charge in [0.25, 0.3) is 5.56 Å². The molecule has 0 radical (unpaired) electrons. The molecule has 2 aliphatic heterocycles. The van der Waals surface area contributed by atoms with Gasteiger partial charge < -0.3 is 4.90 Å². The third kappa shape index (κ3) is 4.06. The van der Waals surface area contributed by atoms with Crippen LogP contribution in [-0.2, 0) is 28.4 Å². The zero-order chi connectivity index (χ0) is 22.2. The Morgan fingerprint density at radius 2 is 1.55 bits per heavy atom. The molecule has 9 nitrogen and oxygen atoms in total. The van der Waals surface area contributed by atoms with Gasteiger partial charge >= 0.3 is 5.69 Å². The highest BCUT2D eigenvalue weighted by Crippen LogP contribution is 2.22. The molecule has 4 rings (SSSR count). The standard InChI is InChI=1S/C21H28N4O5S/c1-22-18-9-8-16(31(29,30)24-12-4-2-3-5-13-24)14-17(18)20(27)25(21(22)28)15-19(26)23-10-6-7-11-23/h8-9,14H,2-7,10-13,15H2,1H3. The summed E-state index contributed by atoms with van der Waals surface area (Å²) in [6.07, 6.45) is 5.45. The Morgan fingerprint density at radius 3 is 2.19 bits per heavy atom. The van der Waals surface area contributed by atoms with E-state index in [1.54, 1.807) is 4.90 Å². The van der Waals surface area contributed by atoms with Gasteiger partial charge in [-0.2, -0.15) is 4.31 Å². The Hall–Kier alpha value is -2.46. The number of likely N-dealkylation sites (tertiary alicyclic amines) is 1. The number of amides is 1. The van der Waals surface area contributed by atoms with Crippen LogP contribution in [0, 0.1) is 0 Å². The van der Waals surface area contributed by atoms with E-state index in [-0.39, 0.29) is 22.7 Å². The molecule has 10 heteroatoms. The van der Waals surface area contributed by atoms with Crippen molar-refractivity contribution < 1.29 is 13.2 Å². The molecule has 2 aromatic rings. The lowest BCUT2D eigenvalue weighted by molar-refractivity contribution is -0.130. The third-order valence-electron chi connectivity index (χ3n) is 6.28. The van der Waals surface area contributed by atoms with Crippen LogP contribution < -0.4 is 11.2 Å². The van der Waals surface area contributed by atoms with E-state index in [1.807, 2.05) is 0 Å². The average Bonchev–Trinajstić information content (AvgIpc) is 3.16. The summed E-state index contributed by atoms with van der Waals surface area (Å²) in [5, 5.41) is 0.118. The summed E-state index contributed by atoms with van der Waals surface area (Å²) in [4.78, 5) is 40.1. The SMILES string of the molecule is Cn1c(=O)n(CC(=O)N2CCCC2)c(=O)c2cc(S(=O)(=O)N3CCCCCC3)ccc21. The Morgan fingerprint density at radius 1 is 0.935 bits per heavy atom. The van der Waals surface area contributed by atoms with Crippen molar-refractivity contribution in [3.63, 3.8) is 0 Å². The van der Waals surface area contributed by atoms with Gasteiger partial charge in [0.15, 0.2) is 0 Å². The van der Waals surface area contributed by atoms with Crippen molar-refractivity contribution in [2.75, 3.05) is 26.2 Å². The molecule has 1 aromatic carbocycles. The van der Waals surface area contributed by atoms with Crippen molar-refractivity contribution in [2.24, 2.45) is 7.05 Å². The maximum absolute atomic E-state index is 13.2. The molecule has 31 heavy (non-hydrogen) atoms. The minimum absolute atomic E-state index is 0.0371. The quantitative estimate of drug-likeness (QED) is 0.691. The fourth-order valence-corrected chi connectivity index (χ4v) is 5.97. The number of rotatable bonds is 4. The summed E-state index contributed by atoms with van der Waals surface area (Å²) >= 11 is 0. The Bertz CT molecular complexity index is 1220. The number of fused-ring (bicyclic) bond motifs is 1. The second kappa shape index (κ2) is 8.58. The minimum atomic E-state index is -3.74. The van der Waals surface area contributed by atoms with Crippen LogP contribution in [0.2, 0.25) is 0 Å². The van der Waals surface area contributed by atoms with Gasteiger partial charge in [-0.3, -0.25) is 18.7 Å². The summed E-state index contributed by atoms with van der Waals surface area (Å²) < 4.78 is 30.0. The summed E-state index contributed by atoms with van der Waals surface area (Å²) in [5.41, 5.74) is -0.888. The van der Waals surface area contributed by atoms with E-state index < -0.39 is 21.3 Å². The molecule has 2 saturated heterocycles. The van der Waals surface area contributed by atoms with E-state index in [1.165, 1.54) is 34.1 Å². The first-order chi connectivity index (χ1) is 14.8. The summed E-state index contributed by atoms with van der Waals surface area (Å²) in [6.45, 7) is 1.83. The predicted molar refractivity (Wildman–Crippen MR) is 116 cm³/mol. The number of nitrogens with zero attached hydrogens (tertiary/aromatic N) is 4. The van der Waals surface area contributed by atoms with Crippen molar-refractivity contribution in [1.82, 2.24) is 18.3 Å². The van der Waals surface area contributed by atoms with Crippen molar-refractivity contribution in [3.05, 3.63) is 39.0 Å². The summed E-state index contributed by atoms with van der Waals surface area (Å²) in [5.74, 6) is -0.274. The van der Waals surface area contributed by atoms with E-state index in [0.29, 0.717) is 31.7 Å². The highest BCUT2D eigenvalue weighted by atomic mass is 32.2. The number of sulfonamides is 1. The molecule has 0 bridgehead atoms. The normalized spacial score (nSPS) is 18.4. The lowest BCUT2D eigenvalue weighted by atomic mass is 10.2. The van der Waals surface area contributed by atoms with Crippen LogP contribution in [0.4, 0.5) is 0 Å². The molecule has 0 spiro atoms. The Labute approximate surface area is 180 Å². The van der Waals surface area contributed by atoms with E-state index in [0.717, 1.165) is 43.1 Å². The second-order valence-electron chi connectivity index (χ2n) is 8.32. The van der Waals surface area contributed by atoms with Gasteiger partial charge in [0.1, 0.15) is 6.54 Å². The topological polar surface area (TPSA) is 102 Å². The average molecular weight is 449 g/mol. The first-order valence-electron chi connectivity index (χ1n) is 10.8. The molecule has 168 valence electrons. The molecular weight excluding hydrogens is 420 g/mol. The van der Waals surface area contributed by atoms with Crippen LogP contribution in [0.3, 0.4) is 0 Å². The van der Waals surface area contributed by atoms with Crippen molar-refractivity contribution in [3.8, 4) is 0 Å². The number of carbonyl (C=O) groups is 1. The highest BCUT2D eigenvalue weighted by Gasteiger charge is 2.27. The molecule has 2 fully saturated rings. The van der Waals surface area contributed by atoms with Gasteiger partial charge in [-0.05, 0) is 43.9 Å². The number of hydrogen-bond donors (Lipinski definition) is 0. The number of aromatic nitrogens is 2.